The fourth-order valence-corrected chi connectivity index (χ4v) is 4.02. The molecular formula is C26H28N4O5. The van der Waals surface area contributed by atoms with Crippen molar-refractivity contribution < 1.29 is 19.0 Å². The van der Waals surface area contributed by atoms with Crippen LogP contribution in [0.1, 0.15) is 5.56 Å². The number of aryl methyl sites for hydroxylation is 1. The predicted molar refractivity (Wildman–Crippen MR) is 133 cm³/mol. The summed E-state index contributed by atoms with van der Waals surface area (Å²) in [6.45, 7) is 0.302. The van der Waals surface area contributed by atoms with Crippen LogP contribution in [0.5, 0.6) is 17.2 Å². The van der Waals surface area contributed by atoms with E-state index in [9.17, 15) is 9.59 Å². The maximum atomic E-state index is 13.2. The Morgan fingerprint density at radius 1 is 1.03 bits per heavy atom. The summed E-state index contributed by atoms with van der Waals surface area (Å²) in [5.41, 5.74) is 3.45. The number of carbonyl (C=O) groups excluding carboxylic acids is 1. The second kappa shape index (κ2) is 10.3. The molecule has 9 nitrogen and oxygen atoms in total. The predicted octanol–water partition coefficient (Wildman–Crippen LogP) is 2.79. The van der Waals surface area contributed by atoms with Crippen molar-refractivity contribution in [3.63, 3.8) is 0 Å². The van der Waals surface area contributed by atoms with Crippen LogP contribution < -0.4 is 25.1 Å². The normalized spacial score (nSPS) is 10.9. The van der Waals surface area contributed by atoms with Crippen LogP contribution in [0.2, 0.25) is 0 Å². The van der Waals surface area contributed by atoms with Gasteiger partial charge in [0, 0.05) is 25.4 Å². The summed E-state index contributed by atoms with van der Waals surface area (Å²) in [6, 6.07) is 13.2. The average molecular weight is 477 g/mol. The van der Waals surface area contributed by atoms with Crippen molar-refractivity contribution in [1.29, 1.82) is 0 Å². The Hall–Kier alpha value is -4.27. The van der Waals surface area contributed by atoms with Crippen molar-refractivity contribution in [3.05, 3.63) is 70.9 Å². The zero-order valence-corrected chi connectivity index (χ0v) is 20.2. The van der Waals surface area contributed by atoms with Gasteiger partial charge in [0.15, 0.2) is 11.5 Å². The summed E-state index contributed by atoms with van der Waals surface area (Å²) in [5, 5.41) is 2.86. The molecule has 0 atom stereocenters. The Morgan fingerprint density at radius 2 is 1.83 bits per heavy atom. The topological polar surface area (TPSA) is 96.6 Å². The zero-order chi connectivity index (χ0) is 24.9. The van der Waals surface area contributed by atoms with Crippen molar-refractivity contribution in [2.75, 3.05) is 27.9 Å². The minimum Gasteiger partial charge on any atom is -0.497 e. The molecule has 0 aliphatic heterocycles. The van der Waals surface area contributed by atoms with Gasteiger partial charge >= 0.3 is 0 Å². The van der Waals surface area contributed by atoms with Gasteiger partial charge in [-0.25, -0.2) is 4.98 Å². The molecule has 1 N–H and O–H groups in total. The fraction of sp³-hybridized carbons (Fsp3) is 0.269. The van der Waals surface area contributed by atoms with Crippen LogP contribution >= 0.6 is 0 Å². The molecule has 0 saturated carbocycles. The molecule has 0 fully saturated rings. The molecule has 0 bridgehead atoms. The third-order valence-corrected chi connectivity index (χ3v) is 5.82. The molecule has 4 rings (SSSR count). The molecule has 0 saturated heterocycles. The Balaban J connectivity index is 1.47. The summed E-state index contributed by atoms with van der Waals surface area (Å²) in [4.78, 5) is 30.2. The Morgan fingerprint density at radius 3 is 2.57 bits per heavy atom. The third-order valence-electron chi connectivity index (χ3n) is 5.82. The number of nitrogens with zero attached hydrogens (tertiary/aromatic N) is 3. The van der Waals surface area contributed by atoms with Crippen molar-refractivity contribution in [2.45, 2.75) is 13.0 Å². The molecule has 4 aromatic rings. The number of hydrogen-bond acceptors (Lipinski definition) is 6. The first-order valence-electron chi connectivity index (χ1n) is 11.1. The van der Waals surface area contributed by atoms with Crippen LogP contribution in [0.25, 0.3) is 22.2 Å². The molecule has 2 aromatic carbocycles. The van der Waals surface area contributed by atoms with Crippen molar-refractivity contribution in [1.82, 2.24) is 19.4 Å². The van der Waals surface area contributed by atoms with Crippen LogP contribution in [0.15, 0.2) is 59.8 Å². The Labute approximate surface area is 202 Å². The van der Waals surface area contributed by atoms with E-state index in [0.29, 0.717) is 35.5 Å². The maximum absolute atomic E-state index is 13.2. The third kappa shape index (κ3) is 4.98. The maximum Gasteiger partial charge on any atom is 0.278 e. The quantitative estimate of drug-likeness (QED) is 0.399. The minimum atomic E-state index is -0.276. The van der Waals surface area contributed by atoms with Crippen LogP contribution in [0, 0.1) is 0 Å². The molecule has 0 aliphatic rings. The first kappa shape index (κ1) is 23.9. The number of fused-ring (bicyclic) bond motifs is 1. The van der Waals surface area contributed by atoms with Gasteiger partial charge in [0.05, 0.1) is 27.7 Å². The number of ether oxygens (including phenoxy) is 3. The molecule has 9 heteroatoms. The summed E-state index contributed by atoms with van der Waals surface area (Å²) >= 11 is 0. The van der Waals surface area contributed by atoms with Crippen LogP contribution in [0.3, 0.4) is 0 Å². The summed E-state index contributed by atoms with van der Waals surface area (Å²) in [7, 11) is 6.57. The van der Waals surface area contributed by atoms with E-state index in [0.717, 1.165) is 22.4 Å². The lowest BCUT2D eigenvalue weighted by atomic mass is 10.1. The number of benzene rings is 2. The highest BCUT2D eigenvalue weighted by Crippen LogP contribution is 2.30. The van der Waals surface area contributed by atoms with Crippen molar-refractivity contribution in [2.24, 2.45) is 7.05 Å². The standard InChI is InChI=1S/C26H28N4O5/c1-29-14-20(18-6-5-7-19(13-18)33-2)24-25(29)26(32)30(16-28-24)15-23(31)27-11-10-17-8-9-21(34-3)22(12-17)35-4/h5-9,12-14,16H,10-11,15H2,1-4H3,(H,27,31). The van der Waals surface area contributed by atoms with Gasteiger partial charge in [0.1, 0.15) is 23.3 Å². The molecule has 2 heterocycles. The van der Waals surface area contributed by atoms with Gasteiger partial charge in [0.25, 0.3) is 5.56 Å². The van der Waals surface area contributed by atoms with Crippen molar-refractivity contribution >= 4 is 16.9 Å². The lowest BCUT2D eigenvalue weighted by Gasteiger charge is -2.10. The molecule has 1 amide bonds. The minimum absolute atomic E-state index is 0.118. The molecule has 2 aromatic heterocycles. The van der Waals surface area contributed by atoms with Gasteiger partial charge in [0.2, 0.25) is 5.91 Å². The molecule has 0 radical (unpaired) electrons. The number of nitrogens with one attached hydrogen (secondary N) is 1. The van der Waals surface area contributed by atoms with E-state index in [1.54, 1.807) is 32.9 Å². The number of rotatable bonds is 9. The van der Waals surface area contributed by atoms with Crippen molar-refractivity contribution in [3.8, 4) is 28.4 Å². The SMILES string of the molecule is COc1cccc(-c2cn(C)c3c(=O)n(CC(=O)NCCc4ccc(OC)c(OC)c4)cnc23)c1. The highest BCUT2D eigenvalue weighted by molar-refractivity contribution is 5.92. The first-order valence-corrected chi connectivity index (χ1v) is 11.1. The average Bonchev–Trinajstić information content (AvgIpc) is 3.22. The molecule has 0 aliphatic carbocycles. The highest BCUT2D eigenvalue weighted by Gasteiger charge is 2.16. The summed E-state index contributed by atoms with van der Waals surface area (Å²) in [6.07, 6.45) is 3.89. The fourth-order valence-electron chi connectivity index (χ4n) is 4.02. The van der Waals surface area contributed by atoms with E-state index < -0.39 is 0 Å². The molecule has 182 valence electrons. The number of aromatic nitrogens is 3. The highest BCUT2D eigenvalue weighted by atomic mass is 16.5. The molecule has 0 unspecified atom stereocenters. The Kier molecular flexibility index (Phi) is 7.05. The van der Waals surface area contributed by atoms with E-state index in [1.165, 1.54) is 10.9 Å². The van der Waals surface area contributed by atoms with Crippen LogP contribution in [0.4, 0.5) is 0 Å². The van der Waals surface area contributed by atoms with Gasteiger partial charge in [-0.3, -0.25) is 14.2 Å². The summed E-state index contributed by atoms with van der Waals surface area (Å²) in [5.74, 6) is 1.74. The smallest absolute Gasteiger partial charge is 0.278 e. The zero-order valence-electron chi connectivity index (χ0n) is 20.2. The second-order valence-corrected chi connectivity index (χ2v) is 8.05. The van der Waals surface area contributed by atoms with E-state index in [-0.39, 0.29) is 18.0 Å². The Bertz CT molecular complexity index is 1420. The van der Waals surface area contributed by atoms with Gasteiger partial charge in [-0.2, -0.15) is 0 Å². The van der Waals surface area contributed by atoms with E-state index >= 15 is 0 Å². The number of methoxy groups -OCH3 is 3. The van der Waals surface area contributed by atoms with Gasteiger partial charge in [-0.05, 0) is 41.8 Å². The monoisotopic (exact) mass is 476 g/mol. The van der Waals surface area contributed by atoms with Crippen LogP contribution in [-0.2, 0) is 24.8 Å². The van der Waals surface area contributed by atoms with Gasteiger partial charge in [-0.15, -0.1) is 0 Å². The van der Waals surface area contributed by atoms with Crippen LogP contribution in [-0.4, -0.2) is 47.9 Å². The largest absolute Gasteiger partial charge is 0.497 e. The number of hydrogen-bond donors (Lipinski definition) is 1. The van der Waals surface area contributed by atoms with E-state index in [2.05, 4.69) is 10.3 Å². The number of amides is 1. The first-order chi connectivity index (χ1) is 16.9. The molecular weight excluding hydrogens is 448 g/mol. The molecule has 35 heavy (non-hydrogen) atoms. The van der Waals surface area contributed by atoms with Gasteiger partial charge < -0.3 is 24.1 Å². The van der Waals surface area contributed by atoms with E-state index in [1.807, 2.05) is 48.7 Å². The number of carbonyl (C=O) groups is 1. The second-order valence-electron chi connectivity index (χ2n) is 8.05. The molecule has 0 spiro atoms. The van der Waals surface area contributed by atoms with Gasteiger partial charge in [-0.1, -0.05) is 18.2 Å². The lowest BCUT2D eigenvalue weighted by molar-refractivity contribution is -0.121. The lowest BCUT2D eigenvalue weighted by Crippen LogP contribution is -2.33. The summed E-state index contributed by atoms with van der Waals surface area (Å²) < 4.78 is 18.9. The van der Waals surface area contributed by atoms with E-state index in [4.69, 9.17) is 14.2 Å².